The number of carboxylic acids is 1. The van der Waals surface area contributed by atoms with E-state index in [1.54, 1.807) is 0 Å². The number of halogens is 3. The van der Waals surface area contributed by atoms with Crippen molar-refractivity contribution in [3.8, 4) is 0 Å². The Bertz CT molecular complexity index is 744. The van der Waals surface area contributed by atoms with E-state index in [2.05, 4.69) is 4.90 Å². The lowest BCUT2D eigenvalue weighted by atomic mass is 9.84. The first-order valence-electron chi connectivity index (χ1n) is 8.55. The van der Waals surface area contributed by atoms with Gasteiger partial charge in [0.2, 0.25) is 0 Å². The number of piperidine rings is 1. The molecule has 0 bridgehead atoms. The van der Waals surface area contributed by atoms with E-state index in [1.807, 2.05) is 30.3 Å². The standard InChI is InChI=1S/C20H20F3NO2/c21-20(22,23)16-8-6-15(7-9-16)18-12-14(13-19(25)26)10-11-24(18)17-4-2-1-3-5-17/h1-9,14,18H,10-13H2,(H,25,26)/t14-,18+/m0/s1. The van der Waals surface area contributed by atoms with Gasteiger partial charge in [0, 0.05) is 18.7 Å². The summed E-state index contributed by atoms with van der Waals surface area (Å²) >= 11 is 0. The topological polar surface area (TPSA) is 40.5 Å². The van der Waals surface area contributed by atoms with Gasteiger partial charge in [0.1, 0.15) is 0 Å². The highest BCUT2D eigenvalue weighted by molar-refractivity contribution is 5.67. The fourth-order valence-electron chi connectivity index (χ4n) is 3.61. The number of carbonyl (C=O) groups is 1. The molecule has 0 radical (unpaired) electrons. The fraction of sp³-hybridized carbons (Fsp3) is 0.350. The zero-order valence-corrected chi connectivity index (χ0v) is 14.1. The van der Waals surface area contributed by atoms with E-state index in [1.165, 1.54) is 12.1 Å². The smallest absolute Gasteiger partial charge is 0.416 e. The number of anilines is 1. The monoisotopic (exact) mass is 363 g/mol. The van der Waals surface area contributed by atoms with Crippen molar-refractivity contribution in [3.05, 3.63) is 65.7 Å². The molecule has 1 aliphatic heterocycles. The summed E-state index contributed by atoms with van der Waals surface area (Å²) in [4.78, 5) is 13.2. The van der Waals surface area contributed by atoms with Crippen molar-refractivity contribution in [2.75, 3.05) is 11.4 Å². The van der Waals surface area contributed by atoms with Crippen LogP contribution in [0.1, 0.15) is 36.4 Å². The molecule has 0 saturated carbocycles. The van der Waals surface area contributed by atoms with Crippen LogP contribution in [0.2, 0.25) is 0 Å². The second-order valence-corrected chi connectivity index (χ2v) is 6.65. The number of hydrogen-bond donors (Lipinski definition) is 1. The molecule has 0 spiro atoms. The third-order valence-electron chi connectivity index (χ3n) is 4.88. The zero-order valence-electron chi connectivity index (χ0n) is 14.1. The van der Waals surface area contributed by atoms with Crippen LogP contribution in [0.25, 0.3) is 0 Å². The fourth-order valence-corrected chi connectivity index (χ4v) is 3.61. The quantitative estimate of drug-likeness (QED) is 0.818. The van der Waals surface area contributed by atoms with Crippen LogP contribution in [0.3, 0.4) is 0 Å². The van der Waals surface area contributed by atoms with Gasteiger partial charge >= 0.3 is 12.1 Å². The lowest BCUT2D eigenvalue weighted by molar-refractivity contribution is -0.139. The molecular formula is C20H20F3NO2. The molecular weight excluding hydrogens is 343 g/mol. The summed E-state index contributed by atoms with van der Waals surface area (Å²) in [6, 6.07) is 14.7. The van der Waals surface area contributed by atoms with Crippen molar-refractivity contribution in [1.29, 1.82) is 0 Å². The van der Waals surface area contributed by atoms with E-state index in [0.29, 0.717) is 13.0 Å². The molecule has 2 aromatic carbocycles. The van der Waals surface area contributed by atoms with Crippen molar-refractivity contribution >= 4 is 11.7 Å². The highest BCUT2D eigenvalue weighted by Gasteiger charge is 2.33. The number of nitrogens with zero attached hydrogens (tertiary/aromatic N) is 1. The molecule has 1 N–H and O–H groups in total. The molecule has 3 rings (SSSR count). The molecule has 26 heavy (non-hydrogen) atoms. The van der Waals surface area contributed by atoms with Crippen LogP contribution in [-0.2, 0) is 11.0 Å². The Labute approximate surface area is 150 Å². The Balaban J connectivity index is 1.90. The lowest BCUT2D eigenvalue weighted by Gasteiger charge is -2.41. The van der Waals surface area contributed by atoms with Gasteiger partial charge in [0.05, 0.1) is 11.6 Å². The molecule has 1 aliphatic rings. The van der Waals surface area contributed by atoms with Crippen LogP contribution < -0.4 is 4.90 Å². The molecule has 2 aromatic rings. The zero-order chi connectivity index (χ0) is 18.7. The predicted molar refractivity (Wildman–Crippen MR) is 92.9 cm³/mol. The highest BCUT2D eigenvalue weighted by Crippen LogP contribution is 2.39. The van der Waals surface area contributed by atoms with Gasteiger partial charge in [-0.3, -0.25) is 4.79 Å². The minimum atomic E-state index is -4.37. The predicted octanol–water partition coefficient (Wildman–Crippen LogP) is 5.14. The molecule has 1 saturated heterocycles. The number of aliphatic carboxylic acids is 1. The average Bonchev–Trinajstić information content (AvgIpc) is 2.61. The van der Waals surface area contributed by atoms with E-state index in [4.69, 9.17) is 5.11 Å². The Morgan fingerprint density at radius 3 is 2.31 bits per heavy atom. The minimum Gasteiger partial charge on any atom is -0.481 e. The number of alkyl halides is 3. The molecule has 1 fully saturated rings. The SMILES string of the molecule is O=C(O)C[C@H]1CCN(c2ccccc2)[C@@H](c2ccc(C(F)(F)F)cc2)C1. The highest BCUT2D eigenvalue weighted by atomic mass is 19.4. The summed E-state index contributed by atoms with van der Waals surface area (Å²) < 4.78 is 38.5. The summed E-state index contributed by atoms with van der Waals surface area (Å²) in [5.41, 5.74) is 1.09. The van der Waals surface area contributed by atoms with Crippen LogP contribution in [-0.4, -0.2) is 17.6 Å². The number of para-hydroxylation sites is 1. The molecule has 0 amide bonds. The molecule has 0 unspecified atom stereocenters. The van der Waals surface area contributed by atoms with Gasteiger partial charge in [0.15, 0.2) is 0 Å². The van der Waals surface area contributed by atoms with E-state index in [-0.39, 0.29) is 18.4 Å². The van der Waals surface area contributed by atoms with Crippen molar-refractivity contribution in [1.82, 2.24) is 0 Å². The van der Waals surface area contributed by atoms with Crippen molar-refractivity contribution in [3.63, 3.8) is 0 Å². The van der Waals surface area contributed by atoms with Crippen LogP contribution >= 0.6 is 0 Å². The second kappa shape index (κ2) is 7.40. The maximum atomic E-state index is 12.8. The summed E-state index contributed by atoms with van der Waals surface area (Å²) in [7, 11) is 0. The van der Waals surface area contributed by atoms with Crippen molar-refractivity contribution in [2.24, 2.45) is 5.92 Å². The van der Waals surface area contributed by atoms with Crippen LogP contribution in [0.4, 0.5) is 18.9 Å². The maximum absolute atomic E-state index is 12.8. The molecule has 0 aliphatic carbocycles. The van der Waals surface area contributed by atoms with Gasteiger partial charge in [-0.25, -0.2) is 0 Å². The molecule has 2 atom stereocenters. The van der Waals surface area contributed by atoms with Gasteiger partial charge in [-0.05, 0) is 48.6 Å². The molecule has 0 aromatic heterocycles. The average molecular weight is 363 g/mol. The molecule has 6 heteroatoms. The first-order valence-corrected chi connectivity index (χ1v) is 8.55. The Morgan fingerprint density at radius 2 is 1.73 bits per heavy atom. The molecule has 1 heterocycles. The van der Waals surface area contributed by atoms with E-state index < -0.39 is 17.7 Å². The van der Waals surface area contributed by atoms with Gasteiger partial charge < -0.3 is 10.0 Å². The minimum absolute atomic E-state index is 0.0137. The Kier molecular flexibility index (Phi) is 5.20. The normalized spacial score (nSPS) is 20.8. The van der Waals surface area contributed by atoms with Gasteiger partial charge in [-0.15, -0.1) is 0 Å². The van der Waals surface area contributed by atoms with Gasteiger partial charge in [-0.2, -0.15) is 13.2 Å². The Morgan fingerprint density at radius 1 is 1.08 bits per heavy atom. The first kappa shape index (κ1) is 18.3. The third kappa shape index (κ3) is 4.18. The van der Waals surface area contributed by atoms with Crippen LogP contribution in [0.5, 0.6) is 0 Å². The number of carboxylic acid groups (broad SMARTS) is 1. The third-order valence-corrected chi connectivity index (χ3v) is 4.88. The number of rotatable bonds is 4. The van der Waals surface area contributed by atoms with Gasteiger partial charge in [-0.1, -0.05) is 30.3 Å². The van der Waals surface area contributed by atoms with Gasteiger partial charge in [0.25, 0.3) is 0 Å². The summed E-state index contributed by atoms with van der Waals surface area (Å²) in [5, 5.41) is 9.09. The number of benzene rings is 2. The summed E-state index contributed by atoms with van der Waals surface area (Å²) in [5.74, 6) is -0.825. The molecule has 138 valence electrons. The Hall–Kier alpha value is -2.50. The van der Waals surface area contributed by atoms with Crippen LogP contribution in [0, 0.1) is 5.92 Å². The van der Waals surface area contributed by atoms with E-state index in [0.717, 1.165) is 29.8 Å². The van der Waals surface area contributed by atoms with Crippen molar-refractivity contribution < 1.29 is 23.1 Å². The summed E-state index contributed by atoms with van der Waals surface area (Å²) in [6.45, 7) is 0.674. The maximum Gasteiger partial charge on any atom is 0.416 e. The van der Waals surface area contributed by atoms with E-state index in [9.17, 15) is 18.0 Å². The largest absolute Gasteiger partial charge is 0.481 e. The van der Waals surface area contributed by atoms with Crippen LogP contribution in [0.15, 0.2) is 54.6 Å². The molecule has 3 nitrogen and oxygen atoms in total. The summed E-state index contributed by atoms with van der Waals surface area (Å²) in [6.07, 6.45) is -2.93. The van der Waals surface area contributed by atoms with Crippen molar-refractivity contribution in [2.45, 2.75) is 31.5 Å². The first-order chi connectivity index (χ1) is 12.3. The number of hydrogen-bond acceptors (Lipinski definition) is 2. The second-order valence-electron chi connectivity index (χ2n) is 6.65. The van der Waals surface area contributed by atoms with E-state index >= 15 is 0 Å². The lowest BCUT2D eigenvalue weighted by Crippen LogP contribution is -2.37.